The van der Waals surface area contributed by atoms with Gasteiger partial charge >= 0.3 is 0 Å². The molecule has 0 aliphatic carbocycles. The fraction of sp³-hybridized carbons (Fsp3) is 0.227. The number of thiazole rings is 1. The van der Waals surface area contributed by atoms with Gasteiger partial charge in [0.15, 0.2) is 17.5 Å². The molecule has 144 valence electrons. The van der Waals surface area contributed by atoms with Crippen molar-refractivity contribution in [3.05, 3.63) is 65.0 Å². The van der Waals surface area contributed by atoms with Gasteiger partial charge in [-0.25, -0.2) is 4.98 Å². The van der Waals surface area contributed by atoms with Crippen molar-refractivity contribution in [1.82, 2.24) is 4.98 Å². The van der Waals surface area contributed by atoms with Crippen molar-refractivity contribution in [1.29, 1.82) is 0 Å². The summed E-state index contributed by atoms with van der Waals surface area (Å²) in [4.78, 5) is 28.0. The highest BCUT2D eigenvalue weighted by molar-refractivity contribution is 7.14. The van der Waals surface area contributed by atoms with Crippen LogP contribution in [0.4, 0.5) is 5.13 Å². The van der Waals surface area contributed by atoms with Gasteiger partial charge in [0.05, 0.1) is 5.69 Å². The Morgan fingerprint density at radius 3 is 2.64 bits per heavy atom. The first-order chi connectivity index (χ1) is 13.5. The summed E-state index contributed by atoms with van der Waals surface area (Å²) in [6.07, 6.45) is 2.18. The Morgan fingerprint density at radius 1 is 1.14 bits per heavy atom. The van der Waals surface area contributed by atoms with E-state index < -0.39 is 0 Å². The van der Waals surface area contributed by atoms with E-state index in [1.807, 2.05) is 5.38 Å². The molecule has 3 aromatic rings. The molecule has 0 unspecified atom stereocenters. The molecule has 1 N–H and O–H groups in total. The van der Waals surface area contributed by atoms with E-state index in [4.69, 9.17) is 4.74 Å². The molecule has 0 aliphatic rings. The highest BCUT2D eigenvalue weighted by atomic mass is 32.1. The van der Waals surface area contributed by atoms with Crippen LogP contribution in [0.3, 0.4) is 0 Å². The number of ether oxygens (including phenoxy) is 1. The molecule has 1 aromatic heterocycles. The van der Waals surface area contributed by atoms with E-state index in [1.165, 1.54) is 23.8 Å². The number of hydrogen-bond acceptors (Lipinski definition) is 5. The van der Waals surface area contributed by atoms with Gasteiger partial charge in [0.25, 0.3) is 5.91 Å². The molecule has 6 heteroatoms. The number of carbonyl (C=O) groups excluding carboxylic acids is 2. The monoisotopic (exact) mass is 394 g/mol. The summed E-state index contributed by atoms with van der Waals surface area (Å²) in [5, 5.41) is 5.19. The smallest absolute Gasteiger partial charge is 0.264 e. The van der Waals surface area contributed by atoms with Crippen LogP contribution < -0.4 is 10.1 Å². The molecule has 0 bridgehead atoms. The second-order valence-electron chi connectivity index (χ2n) is 6.41. The number of nitrogens with zero attached hydrogens (tertiary/aromatic N) is 1. The van der Waals surface area contributed by atoms with Crippen molar-refractivity contribution in [2.24, 2.45) is 0 Å². The van der Waals surface area contributed by atoms with Crippen molar-refractivity contribution in [3.63, 3.8) is 0 Å². The van der Waals surface area contributed by atoms with E-state index in [0.29, 0.717) is 16.4 Å². The largest absolute Gasteiger partial charge is 0.484 e. The van der Waals surface area contributed by atoms with Crippen LogP contribution in [0.1, 0.15) is 36.2 Å². The van der Waals surface area contributed by atoms with Gasteiger partial charge in [0.2, 0.25) is 0 Å². The lowest BCUT2D eigenvalue weighted by molar-refractivity contribution is -0.118. The lowest BCUT2D eigenvalue weighted by Crippen LogP contribution is -2.20. The second kappa shape index (κ2) is 9.28. The topological polar surface area (TPSA) is 68.3 Å². The maximum absolute atomic E-state index is 12.1. The van der Waals surface area contributed by atoms with Gasteiger partial charge in [-0.05, 0) is 31.0 Å². The van der Waals surface area contributed by atoms with Gasteiger partial charge in [-0.1, -0.05) is 49.7 Å². The molecule has 0 fully saturated rings. The number of carbonyl (C=O) groups is 2. The first-order valence-corrected chi connectivity index (χ1v) is 10.0. The number of nitrogens with one attached hydrogen (secondary N) is 1. The van der Waals surface area contributed by atoms with Gasteiger partial charge in [-0.3, -0.25) is 14.9 Å². The van der Waals surface area contributed by atoms with E-state index >= 15 is 0 Å². The maximum atomic E-state index is 12.1. The summed E-state index contributed by atoms with van der Waals surface area (Å²) in [5.41, 5.74) is 3.71. The standard InChI is InChI=1S/C22H22N2O3S/c1-3-5-16-8-10-17(11-9-16)20-14-28-22(23-20)24-21(26)13-27-19-7-4-6-18(12-19)15(2)25/h4,6-12,14H,3,5,13H2,1-2H3,(H,23,24,26). The van der Waals surface area contributed by atoms with Crippen LogP contribution in [0.5, 0.6) is 5.75 Å². The summed E-state index contributed by atoms with van der Waals surface area (Å²) < 4.78 is 5.47. The third-order valence-electron chi connectivity index (χ3n) is 4.15. The lowest BCUT2D eigenvalue weighted by atomic mass is 10.1. The Labute approximate surface area is 168 Å². The van der Waals surface area contributed by atoms with Crippen molar-refractivity contribution >= 4 is 28.2 Å². The fourth-order valence-electron chi connectivity index (χ4n) is 2.70. The zero-order chi connectivity index (χ0) is 19.9. The molecule has 1 amide bonds. The SMILES string of the molecule is CCCc1ccc(-c2csc(NC(=O)COc3cccc(C(C)=O)c3)n2)cc1. The van der Waals surface area contributed by atoms with Gasteiger partial charge < -0.3 is 4.74 Å². The molecule has 0 radical (unpaired) electrons. The van der Waals surface area contributed by atoms with E-state index in [0.717, 1.165) is 24.1 Å². The summed E-state index contributed by atoms with van der Waals surface area (Å²) in [7, 11) is 0. The van der Waals surface area contributed by atoms with Crippen LogP contribution >= 0.6 is 11.3 Å². The van der Waals surface area contributed by atoms with Crippen LogP contribution in [0, 0.1) is 0 Å². The quantitative estimate of drug-likeness (QED) is 0.547. The average molecular weight is 394 g/mol. The Bertz CT molecular complexity index is 964. The van der Waals surface area contributed by atoms with E-state index in [2.05, 4.69) is 41.5 Å². The molecule has 28 heavy (non-hydrogen) atoms. The van der Waals surface area contributed by atoms with E-state index in [9.17, 15) is 9.59 Å². The molecular formula is C22H22N2O3S. The number of benzene rings is 2. The summed E-state index contributed by atoms with van der Waals surface area (Å²) in [6, 6.07) is 15.1. The van der Waals surface area contributed by atoms with Crippen molar-refractivity contribution in [2.45, 2.75) is 26.7 Å². The molecule has 1 heterocycles. The first kappa shape index (κ1) is 19.8. The van der Waals surface area contributed by atoms with Crippen LogP contribution in [-0.4, -0.2) is 23.3 Å². The summed E-state index contributed by atoms with van der Waals surface area (Å²) >= 11 is 1.37. The molecule has 5 nitrogen and oxygen atoms in total. The molecule has 3 rings (SSSR count). The molecule has 0 atom stereocenters. The second-order valence-corrected chi connectivity index (χ2v) is 7.26. The third-order valence-corrected chi connectivity index (χ3v) is 4.91. The Kier molecular flexibility index (Phi) is 6.55. The summed E-state index contributed by atoms with van der Waals surface area (Å²) in [6.45, 7) is 3.50. The minimum Gasteiger partial charge on any atom is -0.484 e. The zero-order valence-corrected chi connectivity index (χ0v) is 16.7. The maximum Gasteiger partial charge on any atom is 0.264 e. The van der Waals surface area contributed by atoms with Crippen LogP contribution in [0.2, 0.25) is 0 Å². The number of ketones is 1. The fourth-order valence-corrected chi connectivity index (χ4v) is 3.44. The van der Waals surface area contributed by atoms with Gasteiger partial charge in [-0.2, -0.15) is 0 Å². The third kappa shape index (κ3) is 5.27. The summed E-state index contributed by atoms with van der Waals surface area (Å²) in [5.74, 6) is 0.134. The number of rotatable bonds is 8. The molecule has 0 saturated heterocycles. The highest BCUT2D eigenvalue weighted by Crippen LogP contribution is 2.25. The Balaban J connectivity index is 1.56. The molecule has 2 aromatic carbocycles. The van der Waals surface area contributed by atoms with Crippen LogP contribution in [-0.2, 0) is 11.2 Å². The van der Waals surface area contributed by atoms with Crippen LogP contribution in [0.15, 0.2) is 53.9 Å². The predicted octanol–water partition coefficient (Wildman–Crippen LogP) is 4.98. The van der Waals surface area contributed by atoms with Gasteiger partial charge in [-0.15, -0.1) is 11.3 Å². The molecule has 0 spiro atoms. The van der Waals surface area contributed by atoms with Gasteiger partial charge in [0.1, 0.15) is 5.75 Å². The Hall–Kier alpha value is -2.99. The normalized spacial score (nSPS) is 10.5. The molecule has 0 saturated carbocycles. The number of anilines is 1. The predicted molar refractivity (Wildman–Crippen MR) is 112 cm³/mol. The average Bonchev–Trinajstić information content (AvgIpc) is 3.16. The van der Waals surface area contributed by atoms with Crippen molar-refractivity contribution in [3.8, 4) is 17.0 Å². The van der Waals surface area contributed by atoms with E-state index in [1.54, 1.807) is 24.3 Å². The highest BCUT2D eigenvalue weighted by Gasteiger charge is 2.10. The molecule has 0 aliphatic heterocycles. The zero-order valence-electron chi connectivity index (χ0n) is 15.9. The van der Waals surface area contributed by atoms with Crippen LogP contribution in [0.25, 0.3) is 11.3 Å². The number of aryl methyl sites for hydroxylation is 1. The number of Topliss-reactive ketones (excluding diaryl/α,β-unsaturated/α-hetero) is 1. The lowest BCUT2D eigenvalue weighted by Gasteiger charge is -2.06. The van der Waals surface area contributed by atoms with Gasteiger partial charge in [0, 0.05) is 16.5 Å². The van der Waals surface area contributed by atoms with E-state index in [-0.39, 0.29) is 18.3 Å². The molecular weight excluding hydrogens is 372 g/mol. The Morgan fingerprint density at radius 2 is 1.93 bits per heavy atom. The minimum absolute atomic E-state index is 0.0482. The van der Waals surface area contributed by atoms with Crippen molar-refractivity contribution < 1.29 is 14.3 Å². The minimum atomic E-state index is -0.299. The number of aromatic nitrogens is 1. The number of amides is 1. The van der Waals surface area contributed by atoms with Crippen molar-refractivity contribution in [2.75, 3.05) is 11.9 Å². The number of hydrogen-bond donors (Lipinski definition) is 1. The first-order valence-electron chi connectivity index (χ1n) is 9.13.